The number of aromatic nitrogens is 2. The van der Waals surface area contributed by atoms with E-state index in [1.165, 1.54) is 5.39 Å². The molecular formula is C26H27N3O2. The molecule has 0 spiro atoms. The summed E-state index contributed by atoms with van der Waals surface area (Å²) in [5.74, 6) is 0.0643. The lowest BCUT2D eigenvalue weighted by Gasteiger charge is -2.26. The number of ketones is 1. The summed E-state index contributed by atoms with van der Waals surface area (Å²) in [7, 11) is 0. The van der Waals surface area contributed by atoms with Crippen molar-refractivity contribution in [3.05, 3.63) is 77.1 Å². The van der Waals surface area contributed by atoms with Gasteiger partial charge in [-0.25, -0.2) is 4.98 Å². The van der Waals surface area contributed by atoms with Gasteiger partial charge in [-0.05, 0) is 54.4 Å². The summed E-state index contributed by atoms with van der Waals surface area (Å²) >= 11 is 0. The normalized spacial score (nSPS) is 15.0. The van der Waals surface area contributed by atoms with Crippen LogP contribution in [0.5, 0.6) is 0 Å². The molecule has 0 bridgehead atoms. The Morgan fingerprint density at radius 2 is 1.77 bits per heavy atom. The molecule has 0 saturated carbocycles. The molecule has 2 aromatic carbocycles. The van der Waals surface area contributed by atoms with E-state index < -0.39 is 0 Å². The Bertz CT molecular complexity index is 1270. The summed E-state index contributed by atoms with van der Waals surface area (Å²) in [4.78, 5) is 20.8. The number of hydrogen-bond acceptors (Lipinski definition) is 4. The smallest absolute Gasteiger partial charge is 0.195 e. The van der Waals surface area contributed by atoms with Crippen molar-refractivity contribution in [1.29, 1.82) is 0 Å². The molecule has 1 saturated heterocycles. The zero-order valence-corrected chi connectivity index (χ0v) is 18.1. The number of nitrogens with zero attached hydrogens (tertiary/aromatic N) is 3. The number of aryl methyl sites for hydroxylation is 1. The van der Waals surface area contributed by atoms with Crippen LogP contribution >= 0.6 is 0 Å². The molecule has 158 valence electrons. The molecule has 5 heteroatoms. The average molecular weight is 414 g/mol. The second kappa shape index (κ2) is 8.25. The highest BCUT2D eigenvalue weighted by atomic mass is 16.5. The number of carbonyl (C=O) groups is 1. The van der Waals surface area contributed by atoms with E-state index in [1.807, 2.05) is 43.3 Å². The van der Waals surface area contributed by atoms with Crippen molar-refractivity contribution in [2.45, 2.75) is 20.4 Å². The Hall–Kier alpha value is -3.02. The number of benzene rings is 2. The first kappa shape index (κ1) is 19.9. The molecule has 0 amide bonds. The van der Waals surface area contributed by atoms with E-state index in [-0.39, 0.29) is 5.78 Å². The molecule has 1 fully saturated rings. The predicted octanol–water partition coefficient (Wildman–Crippen LogP) is 4.37. The molecule has 3 heterocycles. The molecule has 5 rings (SSSR count). The van der Waals surface area contributed by atoms with Gasteiger partial charge in [0.25, 0.3) is 0 Å². The number of fused-ring (bicyclic) bond motifs is 2. The van der Waals surface area contributed by atoms with Gasteiger partial charge in [-0.3, -0.25) is 9.69 Å². The van der Waals surface area contributed by atoms with Crippen LogP contribution in [0, 0.1) is 13.8 Å². The zero-order chi connectivity index (χ0) is 21.4. The van der Waals surface area contributed by atoms with E-state index in [1.54, 1.807) is 6.20 Å². The SMILES string of the molecule is Cc1cc(C(=O)c2c(C)n(CCN3CCOCC3)c3ncccc23)cc2ccccc12. The van der Waals surface area contributed by atoms with Crippen LogP contribution in [0.3, 0.4) is 0 Å². The van der Waals surface area contributed by atoms with Crippen LogP contribution in [0.2, 0.25) is 0 Å². The molecule has 0 N–H and O–H groups in total. The molecule has 0 atom stereocenters. The number of hydrogen-bond donors (Lipinski definition) is 0. The van der Waals surface area contributed by atoms with Gasteiger partial charge in [-0.15, -0.1) is 0 Å². The molecular weight excluding hydrogens is 386 g/mol. The fourth-order valence-electron chi connectivity index (χ4n) is 4.70. The van der Waals surface area contributed by atoms with Crippen LogP contribution in [-0.2, 0) is 11.3 Å². The zero-order valence-electron chi connectivity index (χ0n) is 18.1. The average Bonchev–Trinajstić information content (AvgIpc) is 3.09. The molecule has 0 aliphatic carbocycles. The molecule has 0 unspecified atom stereocenters. The van der Waals surface area contributed by atoms with E-state index in [4.69, 9.17) is 4.74 Å². The first-order valence-corrected chi connectivity index (χ1v) is 10.9. The highest BCUT2D eigenvalue weighted by Gasteiger charge is 2.23. The van der Waals surface area contributed by atoms with Gasteiger partial charge in [-0.1, -0.05) is 24.3 Å². The summed E-state index contributed by atoms with van der Waals surface area (Å²) < 4.78 is 7.67. The van der Waals surface area contributed by atoms with Gasteiger partial charge >= 0.3 is 0 Å². The lowest BCUT2D eigenvalue weighted by atomic mass is 9.96. The van der Waals surface area contributed by atoms with Crippen molar-refractivity contribution in [1.82, 2.24) is 14.5 Å². The quantitative estimate of drug-likeness (QED) is 0.456. The van der Waals surface area contributed by atoms with Crippen molar-refractivity contribution in [3.63, 3.8) is 0 Å². The third kappa shape index (κ3) is 3.64. The largest absolute Gasteiger partial charge is 0.379 e. The van der Waals surface area contributed by atoms with E-state index in [0.717, 1.165) is 78.2 Å². The van der Waals surface area contributed by atoms with E-state index in [9.17, 15) is 4.79 Å². The fourth-order valence-corrected chi connectivity index (χ4v) is 4.70. The first-order valence-electron chi connectivity index (χ1n) is 10.9. The molecule has 5 nitrogen and oxygen atoms in total. The summed E-state index contributed by atoms with van der Waals surface area (Å²) in [6, 6.07) is 16.2. The summed E-state index contributed by atoms with van der Waals surface area (Å²) in [6.07, 6.45) is 1.81. The van der Waals surface area contributed by atoms with Crippen LogP contribution in [0.1, 0.15) is 27.2 Å². The maximum atomic E-state index is 13.7. The van der Waals surface area contributed by atoms with E-state index in [2.05, 4.69) is 33.5 Å². The molecule has 4 aromatic rings. The summed E-state index contributed by atoms with van der Waals surface area (Å²) in [6.45, 7) is 9.32. The number of carbonyl (C=O) groups excluding carboxylic acids is 1. The highest BCUT2D eigenvalue weighted by molar-refractivity contribution is 6.18. The Balaban J connectivity index is 1.55. The first-order chi connectivity index (χ1) is 15.1. The van der Waals surface area contributed by atoms with Gasteiger partial charge in [0.1, 0.15) is 5.65 Å². The van der Waals surface area contributed by atoms with E-state index in [0.29, 0.717) is 0 Å². The third-order valence-corrected chi connectivity index (χ3v) is 6.38. The monoisotopic (exact) mass is 413 g/mol. The van der Waals surface area contributed by atoms with Crippen molar-refractivity contribution in [2.24, 2.45) is 0 Å². The topological polar surface area (TPSA) is 47.4 Å². The van der Waals surface area contributed by atoms with Crippen molar-refractivity contribution in [3.8, 4) is 0 Å². The van der Waals surface area contributed by atoms with Crippen LogP contribution in [0.15, 0.2) is 54.7 Å². The second-order valence-electron chi connectivity index (χ2n) is 8.28. The summed E-state index contributed by atoms with van der Waals surface area (Å²) in [5, 5.41) is 3.21. The molecule has 2 aromatic heterocycles. The number of rotatable bonds is 5. The van der Waals surface area contributed by atoms with Gasteiger partial charge in [0.2, 0.25) is 0 Å². The fraction of sp³-hybridized carbons (Fsp3) is 0.308. The standard InChI is InChI=1S/C26H27N3O2/c1-18-16-21(17-20-6-3-4-7-22(18)20)25(30)24-19(2)29(26-23(24)8-5-9-27-26)11-10-28-12-14-31-15-13-28/h3-9,16-17H,10-15H2,1-2H3. The molecule has 31 heavy (non-hydrogen) atoms. The van der Waals surface area contributed by atoms with Crippen LogP contribution in [0.4, 0.5) is 0 Å². The molecule has 0 radical (unpaired) electrons. The summed E-state index contributed by atoms with van der Waals surface area (Å²) in [5.41, 5.74) is 4.48. The minimum atomic E-state index is 0.0643. The second-order valence-corrected chi connectivity index (χ2v) is 8.28. The van der Waals surface area contributed by atoms with Gasteiger partial charge in [0.05, 0.1) is 18.8 Å². The minimum Gasteiger partial charge on any atom is -0.379 e. The van der Waals surface area contributed by atoms with Gasteiger partial charge in [0.15, 0.2) is 5.78 Å². The Morgan fingerprint density at radius 1 is 1.00 bits per heavy atom. The maximum Gasteiger partial charge on any atom is 0.195 e. The van der Waals surface area contributed by atoms with Crippen LogP contribution in [0.25, 0.3) is 21.8 Å². The number of ether oxygens (including phenoxy) is 1. The van der Waals surface area contributed by atoms with Crippen molar-refractivity contribution < 1.29 is 9.53 Å². The minimum absolute atomic E-state index is 0.0643. The van der Waals surface area contributed by atoms with Gasteiger partial charge in [0, 0.05) is 49.0 Å². The Labute approximate surface area is 182 Å². The van der Waals surface area contributed by atoms with Gasteiger partial charge < -0.3 is 9.30 Å². The molecule has 1 aliphatic heterocycles. The molecule has 1 aliphatic rings. The lowest BCUT2D eigenvalue weighted by molar-refractivity contribution is 0.0364. The highest BCUT2D eigenvalue weighted by Crippen LogP contribution is 2.29. The number of morpholine rings is 1. The maximum absolute atomic E-state index is 13.7. The Morgan fingerprint density at radius 3 is 2.61 bits per heavy atom. The van der Waals surface area contributed by atoms with Crippen LogP contribution in [-0.4, -0.2) is 53.1 Å². The third-order valence-electron chi connectivity index (χ3n) is 6.38. The lowest BCUT2D eigenvalue weighted by Crippen LogP contribution is -2.38. The predicted molar refractivity (Wildman–Crippen MR) is 124 cm³/mol. The Kier molecular flexibility index (Phi) is 5.30. The van der Waals surface area contributed by atoms with Crippen molar-refractivity contribution in [2.75, 3.05) is 32.8 Å². The van der Waals surface area contributed by atoms with Crippen LogP contribution < -0.4 is 0 Å². The van der Waals surface area contributed by atoms with Crippen molar-refractivity contribution >= 4 is 27.6 Å². The van der Waals surface area contributed by atoms with E-state index >= 15 is 0 Å². The van der Waals surface area contributed by atoms with Gasteiger partial charge in [-0.2, -0.15) is 0 Å². The number of pyridine rings is 1.